The maximum atomic E-state index is 12.7. The number of carbonyl (C=O) groups is 2. The number of aromatic nitrogens is 2. The molecule has 218 valence electrons. The lowest BCUT2D eigenvalue weighted by Gasteiger charge is -2.22. The van der Waals surface area contributed by atoms with Gasteiger partial charge in [-0.05, 0) is 63.1 Å². The largest absolute Gasteiger partial charge is 0.490 e. The molecule has 1 heterocycles. The lowest BCUT2D eigenvalue weighted by molar-refractivity contribution is -0.192. The normalized spacial score (nSPS) is 11.4. The molecule has 0 atom stereocenters. The fourth-order valence-electron chi connectivity index (χ4n) is 3.78. The van der Waals surface area contributed by atoms with Crippen LogP contribution in [0.2, 0.25) is 5.02 Å². The van der Waals surface area contributed by atoms with Crippen LogP contribution in [-0.2, 0) is 27.8 Å². The number of alkyl halides is 3. The fourth-order valence-corrected chi connectivity index (χ4v) is 5.35. The smallest absolute Gasteiger partial charge is 0.478 e. The molecule has 0 spiro atoms. The van der Waals surface area contributed by atoms with Crippen LogP contribution in [0.1, 0.15) is 34.2 Å². The van der Waals surface area contributed by atoms with Crippen molar-refractivity contribution in [2.75, 3.05) is 23.2 Å². The molecule has 0 bridgehead atoms. The molecule has 0 saturated carbocycles. The van der Waals surface area contributed by atoms with Gasteiger partial charge in [-0.25, -0.2) is 18.0 Å². The first-order valence-electron chi connectivity index (χ1n) is 11.7. The molecule has 10 nitrogen and oxygen atoms in total. The Kier molecular flexibility index (Phi) is 10.6. The van der Waals surface area contributed by atoms with E-state index in [1.54, 1.807) is 18.2 Å². The number of halogens is 4. The van der Waals surface area contributed by atoms with Crippen LogP contribution in [0.3, 0.4) is 0 Å². The summed E-state index contributed by atoms with van der Waals surface area (Å²) in [5.41, 5.74) is 3.83. The fraction of sp³-hybridized carbons (Fsp3) is 0.320. The molecule has 3 rings (SSSR count). The Morgan fingerprint density at radius 3 is 2.23 bits per heavy atom. The van der Waals surface area contributed by atoms with Crippen LogP contribution >= 0.6 is 11.6 Å². The molecule has 3 aromatic rings. The molecule has 0 radical (unpaired) electrons. The Morgan fingerprint density at radius 2 is 1.73 bits per heavy atom. The molecule has 0 saturated heterocycles. The van der Waals surface area contributed by atoms with Crippen molar-refractivity contribution in [1.29, 1.82) is 0 Å². The Morgan fingerprint density at radius 1 is 1.12 bits per heavy atom. The third-order valence-electron chi connectivity index (χ3n) is 5.79. The van der Waals surface area contributed by atoms with E-state index in [1.165, 1.54) is 24.3 Å². The number of benzene rings is 2. The van der Waals surface area contributed by atoms with E-state index in [2.05, 4.69) is 9.82 Å². The standard InChI is InChI=1S/C23H27ClN4O4S.C2HF3O2/c1-5-28-16(3)18(15(2)25-28)12-13-27(4)21-11-10-17(14-19(21)23(29)30)26-33(31,32)22-9-7-6-8-20(22)24;3-2(4,5)1(6)7/h6-11,14,26H,5,12-13H2,1-4H3,(H,29,30);(H,6,7). The van der Waals surface area contributed by atoms with Gasteiger partial charge in [-0.1, -0.05) is 23.7 Å². The predicted octanol–water partition coefficient (Wildman–Crippen LogP) is 4.98. The minimum absolute atomic E-state index is 0.00504. The van der Waals surface area contributed by atoms with E-state index in [9.17, 15) is 31.5 Å². The molecule has 0 aliphatic rings. The molecular formula is C25H28ClF3N4O6S. The number of nitrogens with zero attached hydrogens (tertiary/aromatic N) is 3. The van der Waals surface area contributed by atoms with Crippen LogP contribution in [0.5, 0.6) is 0 Å². The first kappa shape index (κ1) is 32.4. The number of anilines is 2. The number of carboxylic acids is 2. The minimum Gasteiger partial charge on any atom is -0.478 e. The van der Waals surface area contributed by atoms with Crippen molar-refractivity contribution in [3.8, 4) is 0 Å². The van der Waals surface area contributed by atoms with Gasteiger partial charge >= 0.3 is 18.1 Å². The quantitative estimate of drug-likeness (QED) is 0.310. The van der Waals surface area contributed by atoms with Crippen LogP contribution in [0.25, 0.3) is 0 Å². The second-order valence-electron chi connectivity index (χ2n) is 8.51. The van der Waals surface area contributed by atoms with Crippen molar-refractivity contribution in [3.05, 3.63) is 70.0 Å². The summed E-state index contributed by atoms with van der Waals surface area (Å²) >= 11 is 6.02. The van der Waals surface area contributed by atoms with E-state index in [-0.39, 0.29) is 21.2 Å². The molecule has 40 heavy (non-hydrogen) atoms. The maximum absolute atomic E-state index is 12.7. The highest BCUT2D eigenvalue weighted by molar-refractivity contribution is 7.92. The molecule has 2 aromatic carbocycles. The van der Waals surface area contributed by atoms with Gasteiger partial charge in [-0.2, -0.15) is 18.3 Å². The SMILES string of the molecule is CCn1nc(C)c(CCN(C)c2ccc(NS(=O)(=O)c3ccccc3Cl)cc2C(=O)O)c1C.O=C(O)C(F)(F)F. The summed E-state index contributed by atoms with van der Waals surface area (Å²) in [5, 5.41) is 21.5. The molecule has 0 unspecified atom stereocenters. The molecule has 0 aliphatic heterocycles. The average molecular weight is 605 g/mol. The summed E-state index contributed by atoms with van der Waals surface area (Å²) in [6.45, 7) is 7.40. The van der Waals surface area contributed by atoms with Crippen molar-refractivity contribution in [2.24, 2.45) is 0 Å². The number of sulfonamides is 1. The first-order valence-corrected chi connectivity index (χ1v) is 13.5. The number of nitrogens with one attached hydrogen (secondary N) is 1. The summed E-state index contributed by atoms with van der Waals surface area (Å²) in [5.74, 6) is -3.91. The summed E-state index contributed by atoms with van der Waals surface area (Å²) in [6, 6.07) is 10.5. The number of aryl methyl sites for hydroxylation is 2. The molecule has 0 fully saturated rings. The topological polar surface area (TPSA) is 142 Å². The van der Waals surface area contributed by atoms with E-state index >= 15 is 0 Å². The number of aliphatic carboxylic acids is 1. The van der Waals surface area contributed by atoms with Gasteiger partial charge in [-0.15, -0.1) is 0 Å². The lowest BCUT2D eigenvalue weighted by Crippen LogP contribution is -2.23. The summed E-state index contributed by atoms with van der Waals surface area (Å²) in [7, 11) is -2.16. The van der Waals surface area contributed by atoms with E-state index in [0.29, 0.717) is 18.7 Å². The van der Waals surface area contributed by atoms with E-state index in [1.807, 2.05) is 37.4 Å². The second kappa shape index (κ2) is 13.0. The minimum atomic E-state index is -5.08. The van der Waals surface area contributed by atoms with Crippen LogP contribution in [0.4, 0.5) is 24.5 Å². The molecule has 0 aliphatic carbocycles. The van der Waals surface area contributed by atoms with Gasteiger partial charge in [-0.3, -0.25) is 9.40 Å². The molecule has 0 amide bonds. The van der Waals surface area contributed by atoms with E-state index < -0.39 is 28.1 Å². The van der Waals surface area contributed by atoms with E-state index in [4.69, 9.17) is 21.5 Å². The number of likely N-dealkylation sites (N-methyl/N-ethyl adjacent to an activating group) is 1. The van der Waals surface area contributed by atoms with Crippen molar-refractivity contribution in [3.63, 3.8) is 0 Å². The Labute approximate surface area is 234 Å². The number of hydrogen-bond acceptors (Lipinski definition) is 6. The van der Waals surface area contributed by atoms with Gasteiger partial charge in [0.1, 0.15) is 4.90 Å². The number of hydrogen-bond donors (Lipinski definition) is 3. The maximum Gasteiger partial charge on any atom is 0.490 e. The lowest BCUT2D eigenvalue weighted by atomic mass is 10.1. The molecular weight excluding hydrogens is 577 g/mol. The summed E-state index contributed by atoms with van der Waals surface area (Å²) < 4.78 is 61.5. The van der Waals surface area contributed by atoms with E-state index in [0.717, 1.165) is 23.5 Å². The highest BCUT2D eigenvalue weighted by atomic mass is 35.5. The van der Waals surface area contributed by atoms with Gasteiger partial charge < -0.3 is 15.1 Å². The van der Waals surface area contributed by atoms with Crippen molar-refractivity contribution >= 4 is 44.9 Å². The molecule has 3 N–H and O–H groups in total. The molecule has 1 aromatic heterocycles. The Hall–Kier alpha value is -3.78. The third-order valence-corrected chi connectivity index (χ3v) is 7.67. The third kappa shape index (κ3) is 8.11. The zero-order chi connectivity index (χ0) is 30.4. The Balaban J connectivity index is 0.000000708. The van der Waals surface area contributed by atoms with Crippen LogP contribution < -0.4 is 9.62 Å². The highest BCUT2D eigenvalue weighted by Gasteiger charge is 2.38. The average Bonchev–Trinajstić information content (AvgIpc) is 3.14. The number of carboxylic acid groups (broad SMARTS) is 2. The van der Waals surface area contributed by atoms with Gasteiger partial charge in [0.15, 0.2) is 0 Å². The van der Waals surface area contributed by atoms with Crippen LogP contribution in [0, 0.1) is 13.8 Å². The van der Waals surface area contributed by atoms with Crippen molar-refractivity contribution in [2.45, 2.75) is 44.8 Å². The monoisotopic (exact) mass is 604 g/mol. The number of rotatable bonds is 9. The van der Waals surface area contributed by atoms with Crippen molar-refractivity contribution < 1.29 is 41.4 Å². The van der Waals surface area contributed by atoms with Crippen LogP contribution in [0.15, 0.2) is 47.4 Å². The van der Waals surface area contributed by atoms with Crippen LogP contribution in [-0.4, -0.2) is 60.1 Å². The van der Waals surface area contributed by atoms with Gasteiger partial charge in [0.05, 0.1) is 22.0 Å². The van der Waals surface area contributed by atoms with Gasteiger partial charge in [0.2, 0.25) is 0 Å². The number of aromatic carboxylic acids is 1. The summed E-state index contributed by atoms with van der Waals surface area (Å²) in [6.07, 6.45) is -4.38. The first-order chi connectivity index (χ1) is 18.5. The zero-order valence-corrected chi connectivity index (χ0v) is 23.5. The zero-order valence-electron chi connectivity index (χ0n) is 22.0. The Bertz CT molecular complexity index is 1490. The second-order valence-corrected chi connectivity index (χ2v) is 10.6. The highest BCUT2D eigenvalue weighted by Crippen LogP contribution is 2.28. The van der Waals surface area contributed by atoms with Crippen molar-refractivity contribution in [1.82, 2.24) is 9.78 Å². The van der Waals surface area contributed by atoms with Gasteiger partial charge in [0.25, 0.3) is 10.0 Å². The van der Waals surface area contributed by atoms with Gasteiger partial charge in [0, 0.05) is 31.5 Å². The summed E-state index contributed by atoms with van der Waals surface area (Å²) in [4.78, 5) is 22.6. The molecule has 15 heteroatoms. The predicted molar refractivity (Wildman–Crippen MR) is 144 cm³/mol.